The standard InChI is InChI=1S/C6H7N.C5H6N2.2C2H6/c1-6-4-2-3-5-7-6;1-5-6-3-2-4-7-5;2*1-2/h2-5H,1H3;2-4H,1H3;2*1-2H3. The van der Waals surface area contributed by atoms with Crippen molar-refractivity contribution < 1.29 is 0 Å². The van der Waals surface area contributed by atoms with Crippen molar-refractivity contribution in [2.45, 2.75) is 41.5 Å². The molecule has 0 aromatic carbocycles. The first-order chi connectivity index (χ1) is 8.79. The van der Waals surface area contributed by atoms with Crippen molar-refractivity contribution in [2.75, 3.05) is 0 Å². The fourth-order valence-electron chi connectivity index (χ4n) is 0.822. The molecule has 0 aliphatic heterocycles. The molecule has 2 heterocycles. The zero-order valence-electron chi connectivity index (χ0n) is 12.4. The summed E-state index contributed by atoms with van der Waals surface area (Å²) in [5.74, 6) is 0.822. The lowest BCUT2D eigenvalue weighted by atomic mass is 10.4. The number of rotatable bonds is 0. The van der Waals surface area contributed by atoms with E-state index in [0.717, 1.165) is 11.5 Å². The van der Waals surface area contributed by atoms with E-state index in [0.29, 0.717) is 0 Å². The van der Waals surface area contributed by atoms with Crippen LogP contribution in [0.25, 0.3) is 0 Å². The van der Waals surface area contributed by atoms with Gasteiger partial charge in [-0.05, 0) is 32.0 Å². The molecule has 0 fully saturated rings. The summed E-state index contributed by atoms with van der Waals surface area (Å²) in [7, 11) is 0. The van der Waals surface area contributed by atoms with E-state index >= 15 is 0 Å². The molecule has 0 bridgehead atoms. The maximum Gasteiger partial charge on any atom is 0.125 e. The lowest BCUT2D eigenvalue weighted by Crippen LogP contribution is -1.80. The molecule has 2 aromatic rings. The molecular formula is C15H25N3. The molecule has 0 amide bonds. The Morgan fingerprint density at radius 1 is 0.667 bits per heavy atom. The van der Waals surface area contributed by atoms with Gasteiger partial charge in [0.15, 0.2) is 0 Å². The van der Waals surface area contributed by atoms with E-state index in [1.807, 2.05) is 59.7 Å². The van der Waals surface area contributed by atoms with E-state index < -0.39 is 0 Å². The molecular weight excluding hydrogens is 222 g/mol. The summed E-state index contributed by atoms with van der Waals surface area (Å²) in [6, 6.07) is 7.66. The Morgan fingerprint density at radius 2 is 1.17 bits per heavy atom. The second-order valence-corrected chi connectivity index (χ2v) is 2.77. The molecule has 3 nitrogen and oxygen atoms in total. The number of hydrogen-bond donors (Lipinski definition) is 0. The molecule has 0 aliphatic carbocycles. The van der Waals surface area contributed by atoms with Gasteiger partial charge in [-0.25, -0.2) is 9.97 Å². The fraction of sp³-hybridized carbons (Fsp3) is 0.400. The lowest BCUT2D eigenvalue weighted by Gasteiger charge is -1.82. The van der Waals surface area contributed by atoms with Gasteiger partial charge in [0.25, 0.3) is 0 Å². The minimum Gasteiger partial charge on any atom is -0.262 e. The maximum absolute atomic E-state index is 3.98. The Morgan fingerprint density at radius 3 is 1.39 bits per heavy atom. The van der Waals surface area contributed by atoms with Crippen molar-refractivity contribution in [1.29, 1.82) is 0 Å². The fourth-order valence-corrected chi connectivity index (χ4v) is 0.822. The van der Waals surface area contributed by atoms with Crippen LogP contribution in [0.4, 0.5) is 0 Å². The highest BCUT2D eigenvalue weighted by molar-refractivity contribution is 4.99. The summed E-state index contributed by atoms with van der Waals surface area (Å²) in [5, 5.41) is 0. The summed E-state index contributed by atoms with van der Waals surface area (Å²) in [6.45, 7) is 11.8. The monoisotopic (exact) mass is 247 g/mol. The van der Waals surface area contributed by atoms with Gasteiger partial charge in [0.2, 0.25) is 0 Å². The van der Waals surface area contributed by atoms with E-state index in [4.69, 9.17) is 0 Å². The zero-order valence-corrected chi connectivity index (χ0v) is 12.4. The van der Waals surface area contributed by atoms with Crippen molar-refractivity contribution in [3.63, 3.8) is 0 Å². The first kappa shape index (κ1) is 18.6. The molecule has 100 valence electrons. The zero-order chi connectivity index (χ0) is 14.2. The van der Waals surface area contributed by atoms with E-state index in [1.165, 1.54) is 0 Å². The molecule has 18 heavy (non-hydrogen) atoms. The van der Waals surface area contributed by atoms with Gasteiger partial charge in [0.1, 0.15) is 5.82 Å². The minimum absolute atomic E-state index is 0.822. The van der Waals surface area contributed by atoms with Crippen LogP contribution in [0.1, 0.15) is 39.2 Å². The third kappa shape index (κ3) is 12.3. The van der Waals surface area contributed by atoms with Crippen LogP contribution in [0.2, 0.25) is 0 Å². The van der Waals surface area contributed by atoms with E-state index in [2.05, 4.69) is 15.0 Å². The van der Waals surface area contributed by atoms with Crippen molar-refractivity contribution in [1.82, 2.24) is 15.0 Å². The molecule has 0 atom stereocenters. The van der Waals surface area contributed by atoms with Crippen molar-refractivity contribution in [3.05, 3.63) is 54.4 Å². The van der Waals surface area contributed by atoms with Crippen LogP contribution in [0.5, 0.6) is 0 Å². The molecule has 0 aliphatic rings. The SMILES string of the molecule is CC.CC.Cc1ccccn1.Cc1ncccn1. The minimum atomic E-state index is 0.822. The Labute approximate surface area is 111 Å². The average molecular weight is 247 g/mol. The van der Waals surface area contributed by atoms with Gasteiger partial charge in [-0.2, -0.15) is 0 Å². The third-order valence-corrected chi connectivity index (χ3v) is 1.51. The Kier molecular flexibility index (Phi) is 15.7. The summed E-state index contributed by atoms with van der Waals surface area (Å²) in [5.41, 5.74) is 1.07. The molecule has 0 spiro atoms. The van der Waals surface area contributed by atoms with Crippen molar-refractivity contribution in [3.8, 4) is 0 Å². The second kappa shape index (κ2) is 15.2. The highest BCUT2D eigenvalue weighted by Gasteiger charge is 1.75. The smallest absolute Gasteiger partial charge is 0.125 e. The quantitative estimate of drug-likeness (QED) is 0.699. The van der Waals surface area contributed by atoms with Crippen LogP contribution in [-0.2, 0) is 0 Å². The largest absolute Gasteiger partial charge is 0.262 e. The Hall–Kier alpha value is -1.77. The van der Waals surface area contributed by atoms with Gasteiger partial charge in [-0.15, -0.1) is 0 Å². The van der Waals surface area contributed by atoms with Gasteiger partial charge < -0.3 is 0 Å². The van der Waals surface area contributed by atoms with Gasteiger partial charge in [0, 0.05) is 24.3 Å². The highest BCUT2D eigenvalue weighted by Crippen LogP contribution is 1.86. The Balaban J connectivity index is 0. The van der Waals surface area contributed by atoms with Gasteiger partial charge >= 0.3 is 0 Å². The topological polar surface area (TPSA) is 38.7 Å². The first-order valence-corrected chi connectivity index (χ1v) is 6.40. The molecule has 0 unspecified atom stereocenters. The van der Waals surface area contributed by atoms with Crippen molar-refractivity contribution in [2.24, 2.45) is 0 Å². The van der Waals surface area contributed by atoms with Crippen LogP contribution in [0.15, 0.2) is 42.9 Å². The van der Waals surface area contributed by atoms with Gasteiger partial charge in [-0.3, -0.25) is 4.98 Å². The second-order valence-electron chi connectivity index (χ2n) is 2.77. The van der Waals surface area contributed by atoms with Crippen LogP contribution >= 0.6 is 0 Å². The maximum atomic E-state index is 3.98. The average Bonchev–Trinajstić information content (AvgIpc) is 2.46. The van der Waals surface area contributed by atoms with Gasteiger partial charge in [-0.1, -0.05) is 33.8 Å². The summed E-state index contributed by atoms with van der Waals surface area (Å²) in [4.78, 5) is 11.7. The summed E-state index contributed by atoms with van der Waals surface area (Å²) >= 11 is 0. The number of pyridine rings is 1. The van der Waals surface area contributed by atoms with Crippen LogP contribution in [0, 0.1) is 13.8 Å². The van der Waals surface area contributed by atoms with Crippen LogP contribution in [0.3, 0.4) is 0 Å². The lowest BCUT2D eigenvalue weighted by molar-refractivity contribution is 1.05. The summed E-state index contributed by atoms with van der Waals surface area (Å²) in [6.07, 6.45) is 5.24. The predicted octanol–water partition coefficient (Wildman–Crippen LogP) is 4.23. The molecule has 0 radical (unpaired) electrons. The van der Waals surface area contributed by atoms with Crippen LogP contribution < -0.4 is 0 Å². The van der Waals surface area contributed by atoms with E-state index in [9.17, 15) is 0 Å². The number of hydrogen-bond acceptors (Lipinski definition) is 3. The molecule has 0 N–H and O–H groups in total. The van der Waals surface area contributed by atoms with Crippen LogP contribution in [-0.4, -0.2) is 15.0 Å². The molecule has 0 saturated heterocycles. The summed E-state index contributed by atoms with van der Waals surface area (Å²) < 4.78 is 0. The molecule has 2 rings (SSSR count). The van der Waals surface area contributed by atoms with E-state index in [-0.39, 0.29) is 0 Å². The number of aryl methyl sites for hydroxylation is 2. The number of nitrogens with zero attached hydrogens (tertiary/aromatic N) is 3. The molecule has 0 saturated carbocycles. The Bertz CT molecular complexity index is 309. The predicted molar refractivity (Wildman–Crippen MR) is 78.4 cm³/mol. The first-order valence-electron chi connectivity index (χ1n) is 6.40. The number of aromatic nitrogens is 3. The third-order valence-electron chi connectivity index (χ3n) is 1.51. The molecule has 2 aromatic heterocycles. The highest BCUT2D eigenvalue weighted by atomic mass is 14.8. The van der Waals surface area contributed by atoms with Gasteiger partial charge in [0.05, 0.1) is 0 Å². The van der Waals surface area contributed by atoms with Crippen molar-refractivity contribution >= 4 is 0 Å². The normalized spacial score (nSPS) is 7.44. The van der Waals surface area contributed by atoms with E-state index in [1.54, 1.807) is 24.7 Å². The molecule has 3 heteroatoms.